The number of carboxylic acid groups (broad SMARTS) is 1. The van der Waals surface area contributed by atoms with E-state index in [4.69, 9.17) is 0 Å². The zero-order chi connectivity index (χ0) is 18.5. The van der Waals surface area contributed by atoms with E-state index in [0.717, 1.165) is 11.1 Å². The Balaban J connectivity index is 1.54. The summed E-state index contributed by atoms with van der Waals surface area (Å²) in [7, 11) is 0. The van der Waals surface area contributed by atoms with Gasteiger partial charge in [0.1, 0.15) is 0 Å². The van der Waals surface area contributed by atoms with E-state index in [1.807, 2.05) is 31.2 Å². The van der Waals surface area contributed by atoms with Crippen molar-refractivity contribution < 1.29 is 14.7 Å². The molecular weight excluding hydrogens is 352 g/mol. The molecule has 2 N–H and O–H groups in total. The molecule has 1 amide bonds. The van der Waals surface area contributed by atoms with Crippen LogP contribution in [0.2, 0.25) is 0 Å². The summed E-state index contributed by atoms with van der Waals surface area (Å²) < 4.78 is 0. The van der Waals surface area contributed by atoms with Crippen molar-refractivity contribution in [1.29, 1.82) is 0 Å². The number of carboxylic acids is 1. The van der Waals surface area contributed by atoms with E-state index in [1.54, 1.807) is 0 Å². The van der Waals surface area contributed by atoms with Gasteiger partial charge in [0.25, 0.3) is 0 Å². The number of aromatic nitrogens is 3. The van der Waals surface area contributed by atoms with Gasteiger partial charge in [0.05, 0.1) is 11.7 Å². The third kappa shape index (κ3) is 4.48. The van der Waals surface area contributed by atoms with Crippen molar-refractivity contribution in [1.82, 2.24) is 15.2 Å². The maximum atomic E-state index is 12.0. The molecule has 0 radical (unpaired) electrons. The Bertz CT molecular complexity index is 920. The largest absolute Gasteiger partial charge is 0.545 e. The highest BCUT2D eigenvalue weighted by Crippen LogP contribution is 2.20. The topological polar surface area (TPSA) is 111 Å². The lowest BCUT2D eigenvalue weighted by Crippen LogP contribution is -2.22. The van der Waals surface area contributed by atoms with Gasteiger partial charge in [-0.05, 0) is 24.6 Å². The number of anilines is 1. The molecule has 3 rings (SSSR count). The van der Waals surface area contributed by atoms with Crippen LogP contribution in [0.1, 0.15) is 15.9 Å². The number of carbonyl (C=O) groups is 2. The van der Waals surface area contributed by atoms with Gasteiger partial charge in [-0.25, -0.2) is 4.98 Å². The molecule has 0 atom stereocenters. The minimum absolute atomic E-state index is 0.0572. The molecule has 1 heterocycles. The smallest absolute Gasteiger partial charge is 0.234 e. The number of thioether (sulfide) groups is 1. The van der Waals surface area contributed by atoms with Crippen molar-refractivity contribution in [2.75, 3.05) is 11.1 Å². The second-order valence-electron chi connectivity index (χ2n) is 5.53. The molecule has 26 heavy (non-hydrogen) atoms. The fourth-order valence-corrected chi connectivity index (χ4v) is 2.77. The van der Waals surface area contributed by atoms with Crippen LogP contribution in [0.25, 0.3) is 11.4 Å². The van der Waals surface area contributed by atoms with Crippen molar-refractivity contribution >= 4 is 29.3 Å². The van der Waals surface area contributed by atoms with Crippen LogP contribution >= 0.6 is 11.8 Å². The highest BCUT2D eigenvalue weighted by Gasteiger charge is 2.09. The van der Waals surface area contributed by atoms with Crippen LogP contribution < -0.4 is 10.4 Å². The van der Waals surface area contributed by atoms with Crippen LogP contribution in [-0.4, -0.2) is 32.8 Å². The Morgan fingerprint density at radius 1 is 1.12 bits per heavy atom. The van der Waals surface area contributed by atoms with Gasteiger partial charge >= 0.3 is 0 Å². The van der Waals surface area contributed by atoms with Gasteiger partial charge < -0.3 is 15.2 Å². The third-order valence-electron chi connectivity index (χ3n) is 3.53. The van der Waals surface area contributed by atoms with Gasteiger partial charge in [0.15, 0.2) is 5.82 Å². The first-order valence-electron chi connectivity index (χ1n) is 7.75. The molecule has 3 aromatic rings. The number of hydrogen-bond donors (Lipinski definition) is 2. The van der Waals surface area contributed by atoms with Crippen LogP contribution in [0.15, 0.2) is 53.7 Å². The number of nitrogens with one attached hydrogen (secondary N) is 2. The Kier molecular flexibility index (Phi) is 5.33. The molecule has 0 unspecified atom stereocenters. The molecule has 0 bridgehead atoms. The van der Waals surface area contributed by atoms with E-state index in [-0.39, 0.29) is 17.2 Å². The number of aryl methyl sites for hydroxylation is 1. The molecule has 132 valence electrons. The van der Waals surface area contributed by atoms with Crippen LogP contribution in [0.3, 0.4) is 0 Å². The number of aromatic amines is 1. The fraction of sp³-hybridized carbons (Fsp3) is 0.111. The fourth-order valence-electron chi connectivity index (χ4n) is 2.17. The number of hydrogen-bond acceptors (Lipinski definition) is 6. The third-order valence-corrected chi connectivity index (χ3v) is 4.37. The monoisotopic (exact) mass is 367 g/mol. The average molecular weight is 367 g/mol. The Morgan fingerprint density at radius 3 is 2.46 bits per heavy atom. The van der Waals surface area contributed by atoms with Crippen molar-refractivity contribution in [2.24, 2.45) is 0 Å². The second kappa shape index (κ2) is 7.83. The van der Waals surface area contributed by atoms with E-state index >= 15 is 0 Å². The summed E-state index contributed by atoms with van der Waals surface area (Å²) in [5.41, 5.74) is 2.65. The molecule has 0 aliphatic carbocycles. The predicted octanol–water partition coefficient (Wildman–Crippen LogP) is 1.87. The lowest BCUT2D eigenvalue weighted by atomic mass is 10.1. The first-order valence-corrected chi connectivity index (χ1v) is 8.73. The zero-order valence-corrected chi connectivity index (χ0v) is 14.7. The van der Waals surface area contributed by atoms with Gasteiger partial charge in [0, 0.05) is 11.3 Å². The van der Waals surface area contributed by atoms with E-state index in [1.165, 1.54) is 36.0 Å². The minimum Gasteiger partial charge on any atom is -0.545 e. The van der Waals surface area contributed by atoms with Gasteiger partial charge in [-0.3, -0.25) is 9.89 Å². The molecule has 0 fully saturated rings. The molecule has 0 saturated carbocycles. The van der Waals surface area contributed by atoms with Crippen LogP contribution in [-0.2, 0) is 4.79 Å². The average Bonchev–Trinajstić information content (AvgIpc) is 3.10. The predicted molar refractivity (Wildman–Crippen MR) is 96.7 cm³/mol. The second-order valence-corrected chi connectivity index (χ2v) is 6.48. The maximum absolute atomic E-state index is 12.0. The molecule has 0 spiro atoms. The summed E-state index contributed by atoms with van der Waals surface area (Å²) in [6.45, 7) is 2.01. The molecule has 2 aromatic carbocycles. The van der Waals surface area contributed by atoms with E-state index in [9.17, 15) is 14.7 Å². The Morgan fingerprint density at radius 2 is 1.81 bits per heavy atom. The molecule has 8 heteroatoms. The van der Waals surface area contributed by atoms with E-state index < -0.39 is 5.97 Å². The molecular formula is C18H15N4O3S-. The molecule has 0 aliphatic rings. The highest BCUT2D eigenvalue weighted by molar-refractivity contribution is 7.99. The van der Waals surface area contributed by atoms with E-state index in [2.05, 4.69) is 20.5 Å². The summed E-state index contributed by atoms with van der Waals surface area (Å²) >= 11 is 1.20. The summed E-state index contributed by atoms with van der Waals surface area (Å²) in [4.78, 5) is 27.1. The van der Waals surface area contributed by atoms with Gasteiger partial charge in [-0.15, -0.1) is 5.10 Å². The molecule has 7 nitrogen and oxygen atoms in total. The molecule has 1 aromatic heterocycles. The van der Waals surface area contributed by atoms with Crippen LogP contribution in [0, 0.1) is 6.92 Å². The summed E-state index contributed by atoms with van der Waals surface area (Å²) in [6.07, 6.45) is 0. The number of H-pyrrole nitrogens is 1. The first kappa shape index (κ1) is 17.7. The maximum Gasteiger partial charge on any atom is 0.234 e. The van der Waals surface area contributed by atoms with Crippen molar-refractivity contribution in [3.8, 4) is 11.4 Å². The minimum atomic E-state index is -1.26. The summed E-state index contributed by atoms with van der Waals surface area (Å²) in [5, 5.41) is 20.8. The summed E-state index contributed by atoms with van der Waals surface area (Å²) in [6, 6.07) is 13.7. The Labute approximate surface area is 153 Å². The van der Waals surface area contributed by atoms with E-state index in [0.29, 0.717) is 16.7 Å². The van der Waals surface area contributed by atoms with Crippen molar-refractivity contribution in [3.05, 3.63) is 59.7 Å². The number of rotatable bonds is 6. The number of amides is 1. The highest BCUT2D eigenvalue weighted by atomic mass is 32.2. The molecule has 0 saturated heterocycles. The lowest BCUT2D eigenvalue weighted by Gasteiger charge is -2.06. The normalized spacial score (nSPS) is 10.5. The molecule has 0 aliphatic heterocycles. The number of carbonyl (C=O) groups excluding carboxylic acids is 2. The quantitative estimate of drug-likeness (QED) is 0.644. The lowest BCUT2D eigenvalue weighted by molar-refractivity contribution is -0.255. The van der Waals surface area contributed by atoms with Crippen molar-refractivity contribution in [2.45, 2.75) is 12.1 Å². The van der Waals surface area contributed by atoms with Gasteiger partial charge in [-0.2, -0.15) is 0 Å². The van der Waals surface area contributed by atoms with Gasteiger partial charge in [-0.1, -0.05) is 53.7 Å². The SMILES string of the molecule is Cc1ccc(-c2nc(SCC(=O)Nc3ccc(C(=O)[O-])cc3)n[nH]2)cc1. The number of aromatic carboxylic acids is 1. The number of benzene rings is 2. The van der Waals surface area contributed by atoms with Crippen LogP contribution in [0.4, 0.5) is 5.69 Å². The first-order chi connectivity index (χ1) is 12.5. The van der Waals surface area contributed by atoms with Crippen molar-refractivity contribution in [3.63, 3.8) is 0 Å². The zero-order valence-electron chi connectivity index (χ0n) is 13.9. The van der Waals surface area contributed by atoms with Gasteiger partial charge in [0.2, 0.25) is 11.1 Å². The Hall–Kier alpha value is -3.13. The van der Waals surface area contributed by atoms with Crippen LogP contribution in [0.5, 0.6) is 0 Å². The number of nitrogens with zero attached hydrogens (tertiary/aromatic N) is 2. The standard InChI is InChI=1S/C18H16N4O3S/c1-11-2-4-12(5-3-11)16-20-18(22-21-16)26-10-15(23)19-14-8-6-13(7-9-14)17(24)25/h2-9H,10H2,1H3,(H,19,23)(H,24,25)(H,20,21,22)/p-1. The summed E-state index contributed by atoms with van der Waals surface area (Å²) in [5.74, 6) is -0.718.